The van der Waals surface area contributed by atoms with Gasteiger partial charge >= 0.3 is 5.97 Å². The van der Waals surface area contributed by atoms with Crippen molar-refractivity contribution in [1.29, 1.82) is 0 Å². The number of nitrogens with zero attached hydrogens (tertiary/aromatic N) is 5. The Labute approximate surface area is 189 Å². The molecule has 2 aliphatic heterocycles. The molecular formula is C22H37N5O3S. The first-order chi connectivity index (χ1) is 15.0. The number of thioether (sulfide) groups is 1. The zero-order valence-corrected chi connectivity index (χ0v) is 19.6. The molecule has 2 aliphatic rings. The van der Waals surface area contributed by atoms with Gasteiger partial charge in [0.25, 0.3) is 0 Å². The molecule has 9 heteroatoms. The van der Waals surface area contributed by atoms with Crippen LogP contribution in [0.15, 0.2) is 6.20 Å². The van der Waals surface area contributed by atoms with Gasteiger partial charge in [-0.05, 0) is 57.9 Å². The van der Waals surface area contributed by atoms with E-state index in [-0.39, 0.29) is 5.92 Å². The number of piperidine rings is 1. The Hall–Kier alpha value is -1.61. The van der Waals surface area contributed by atoms with Gasteiger partial charge in [-0.15, -0.1) is 5.10 Å². The fraction of sp³-hybridized carbons (Fsp3) is 0.818. The Balaban J connectivity index is 1.30. The normalized spacial score (nSPS) is 21.2. The molecule has 0 bridgehead atoms. The van der Waals surface area contributed by atoms with Crippen LogP contribution in [0, 0.1) is 5.92 Å². The molecule has 2 saturated heterocycles. The van der Waals surface area contributed by atoms with Gasteiger partial charge < -0.3 is 10.0 Å². The molecule has 1 amide bonds. The first-order valence-electron chi connectivity index (χ1n) is 11.7. The maximum Gasteiger partial charge on any atom is 0.306 e. The highest BCUT2D eigenvalue weighted by Crippen LogP contribution is 2.21. The van der Waals surface area contributed by atoms with Crippen LogP contribution in [0.2, 0.25) is 0 Å². The van der Waals surface area contributed by atoms with Gasteiger partial charge in [-0.3, -0.25) is 19.2 Å². The zero-order chi connectivity index (χ0) is 22.1. The van der Waals surface area contributed by atoms with Crippen LogP contribution >= 0.6 is 11.8 Å². The Morgan fingerprint density at radius 2 is 1.94 bits per heavy atom. The third-order valence-electron chi connectivity index (χ3n) is 6.50. The number of hydrogen-bond acceptors (Lipinski definition) is 6. The van der Waals surface area contributed by atoms with Gasteiger partial charge in [0.05, 0.1) is 11.6 Å². The van der Waals surface area contributed by atoms with Crippen molar-refractivity contribution in [2.45, 2.75) is 76.1 Å². The van der Waals surface area contributed by atoms with Gasteiger partial charge in [-0.25, -0.2) is 0 Å². The van der Waals surface area contributed by atoms with Crippen molar-refractivity contribution >= 4 is 23.6 Å². The maximum atomic E-state index is 12.5. The molecule has 1 aromatic rings. The fourth-order valence-electron chi connectivity index (χ4n) is 4.49. The van der Waals surface area contributed by atoms with Gasteiger partial charge in [-0.1, -0.05) is 18.1 Å². The lowest BCUT2D eigenvalue weighted by Gasteiger charge is -2.29. The third kappa shape index (κ3) is 7.79. The molecule has 1 N–H and O–H groups in total. The smallest absolute Gasteiger partial charge is 0.306 e. The minimum absolute atomic E-state index is 0.204. The Morgan fingerprint density at radius 3 is 2.68 bits per heavy atom. The van der Waals surface area contributed by atoms with E-state index >= 15 is 0 Å². The average Bonchev–Trinajstić information content (AvgIpc) is 3.06. The summed E-state index contributed by atoms with van der Waals surface area (Å²) in [4.78, 5) is 27.9. The summed E-state index contributed by atoms with van der Waals surface area (Å²) in [5.74, 6) is -0.566. The minimum Gasteiger partial charge on any atom is -0.481 e. The van der Waals surface area contributed by atoms with Gasteiger partial charge in [0.2, 0.25) is 5.91 Å². The van der Waals surface area contributed by atoms with Gasteiger partial charge in [0.15, 0.2) is 0 Å². The molecule has 0 aliphatic carbocycles. The highest BCUT2D eigenvalue weighted by Gasteiger charge is 2.25. The van der Waals surface area contributed by atoms with Crippen molar-refractivity contribution in [3.63, 3.8) is 0 Å². The molecule has 0 saturated carbocycles. The summed E-state index contributed by atoms with van der Waals surface area (Å²) in [7, 11) is 0. The topological polar surface area (TPSA) is 91.6 Å². The van der Waals surface area contributed by atoms with Crippen LogP contribution in [-0.2, 0) is 22.7 Å². The Morgan fingerprint density at radius 1 is 1.13 bits per heavy atom. The number of likely N-dealkylation sites (tertiary alicyclic amines) is 2. The maximum absolute atomic E-state index is 12.5. The predicted molar refractivity (Wildman–Crippen MR) is 122 cm³/mol. The monoisotopic (exact) mass is 451 g/mol. The van der Waals surface area contributed by atoms with Crippen molar-refractivity contribution in [1.82, 2.24) is 24.8 Å². The summed E-state index contributed by atoms with van der Waals surface area (Å²) in [6.45, 7) is 4.98. The van der Waals surface area contributed by atoms with Crippen LogP contribution in [0.25, 0.3) is 0 Å². The lowest BCUT2D eigenvalue weighted by atomic mass is 9.97. The second-order valence-corrected chi connectivity index (χ2v) is 10.0. The fourth-order valence-corrected chi connectivity index (χ4v) is 5.23. The van der Waals surface area contributed by atoms with Crippen LogP contribution in [0.5, 0.6) is 0 Å². The van der Waals surface area contributed by atoms with Crippen molar-refractivity contribution in [2.75, 3.05) is 32.4 Å². The molecule has 1 atom stereocenters. The van der Waals surface area contributed by atoms with Crippen LogP contribution in [-0.4, -0.2) is 79.5 Å². The number of carboxylic acid groups (broad SMARTS) is 1. The first-order valence-corrected chi connectivity index (χ1v) is 13.0. The number of aryl methyl sites for hydroxylation is 1. The van der Waals surface area contributed by atoms with Gasteiger partial charge in [0.1, 0.15) is 0 Å². The number of rotatable bonds is 10. The molecule has 0 radical (unpaired) electrons. The molecule has 8 nitrogen and oxygen atoms in total. The summed E-state index contributed by atoms with van der Waals surface area (Å²) in [6.07, 6.45) is 12.7. The lowest BCUT2D eigenvalue weighted by Crippen LogP contribution is -2.35. The number of carbonyl (C=O) groups excluding carboxylic acids is 1. The number of unbranched alkanes of at least 4 members (excludes halogenated alkanes) is 2. The first kappa shape index (κ1) is 24.0. The van der Waals surface area contributed by atoms with E-state index in [0.717, 1.165) is 70.6 Å². The van der Waals surface area contributed by atoms with E-state index in [2.05, 4.69) is 26.4 Å². The molecule has 174 valence electrons. The highest BCUT2D eigenvalue weighted by atomic mass is 32.2. The van der Waals surface area contributed by atoms with Crippen molar-refractivity contribution in [3.05, 3.63) is 11.9 Å². The quantitative estimate of drug-likeness (QED) is 0.547. The van der Waals surface area contributed by atoms with Crippen LogP contribution in [0.3, 0.4) is 0 Å². The van der Waals surface area contributed by atoms with Crippen LogP contribution in [0.4, 0.5) is 0 Å². The highest BCUT2D eigenvalue weighted by molar-refractivity contribution is 7.99. The van der Waals surface area contributed by atoms with E-state index in [9.17, 15) is 9.59 Å². The number of hydrogen-bond donors (Lipinski definition) is 1. The number of amides is 1. The molecule has 1 aromatic heterocycles. The average molecular weight is 452 g/mol. The minimum atomic E-state index is -0.678. The Bertz CT molecular complexity index is 705. The third-order valence-corrected chi connectivity index (χ3v) is 7.55. The SMILES string of the molecule is CSC1CCCCN(C(=O)CCCCCn2cc(CN3CCC(C(=O)O)CC3)nn2)C1. The molecule has 31 heavy (non-hydrogen) atoms. The largest absolute Gasteiger partial charge is 0.481 e. The molecular weight excluding hydrogens is 414 g/mol. The van der Waals surface area contributed by atoms with Crippen molar-refractivity contribution < 1.29 is 14.7 Å². The molecule has 2 fully saturated rings. The Kier molecular flexibility index (Phi) is 9.64. The van der Waals surface area contributed by atoms with Crippen LogP contribution in [0.1, 0.15) is 63.5 Å². The second-order valence-electron chi connectivity index (χ2n) is 8.87. The summed E-state index contributed by atoms with van der Waals surface area (Å²) in [5, 5.41) is 18.2. The molecule has 0 aromatic carbocycles. The molecule has 0 spiro atoms. The summed E-state index contributed by atoms with van der Waals surface area (Å²) in [6, 6.07) is 0. The number of carbonyl (C=O) groups is 2. The van der Waals surface area contributed by atoms with Crippen molar-refractivity contribution in [3.8, 4) is 0 Å². The van der Waals surface area contributed by atoms with E-state index in [0.29, 0.717) is 30.4 Å². The lowest BCUT2D eigenvalue weighted by molar-refractivity contribution is -0.143. The standard InChI is InChI=1S/C22H37N5O3S/c1-31-20-7-4-6-11-26(17-20)21(28)8-3-2-5-12-27-16-19(23-24-27)15-25-13-9-18(10-14-25)22(29)30/h16,18,20H,2-15,17H2,1H3,(H,29,30). The number of aromatic nitrogens is 3. The van der Waals surface area contributed by atoms with E-state index in [4.69, 9.17) is 5.11 Å². The summed E-state index contributed by atoms with van der Waals surface area (Å²) in [5.41, 5.74) is 0.938. The van der Waals surface area contributed by atoms with E-state index in [1.165, 1.54) is 12.8 Å². The van der Waals surface area contributed by atoms with E-state index in [1.54, 1.807) is 0 Å². The molecule has 3 rings (SSSR count). The number of aliphatic carboxylic acids is 1. The number of carboxylic acids is 1. The predicted octanol–water partition coefficient (Wildman–Crippen LogP) is 2.88. The summed E-state index contributed by atoms with van der Waals surface area (Å²) >= 11 is 1.89. The van der Waals surface area contributed by atoms with Gasteiger partial charge in [-0.2, -0.15) is 11.8 Å². The van der Waals surface area contributed by atoms with Gasteiger partial charge in [0, 0.05) is 44.0 Å². The van der Waals surface area contributed by atoms with Crippen molar-refractivity contribution in [2.24, 2.45) is 5.92 Å². The van der Waals surface area contributed by atoms with Crippen LogP contribution < -0.4 is 0 Å². The summed E-state index contributed by atoms with van der Waals surface area (Å²) < 4.78 is 1.89. The van der Waals surface area contributed by atoms with E-state index < -0.39 is 5.97 Å². The molecule has 1 unspecified atom stereocenters. The zero-order valence-electron chi connectivity index (χ0n) is 18.7. The van der Waals surface area contributed by atoms with E-state index in [1.807, 2.05) is 22.6 Å². The second kappa shape index (κ2) is 12.4. The molecule has 3 heterocycles.